The number of dihydropyridines is 1. The molecule has 17 unspecified atom stereocenters. The number of rotatable bonds is 11. The second-order valence-corrected chi connectivity index (χ2v) is 27.9. The minimum absolute atomic E-state index is 0.0391. The van der Waals surface area contributed by atoms with Gasteiger partial charge >= 0.3 is 11.6 Å². The first-order valence-corrected chi connectivity index (χ1v) is 32.0. The van der Waals surface area contributed by atoms with Crippen LogP contribution in [0.15, 0.2) is 98.1 Å². The number of benzene rings is 1. The first kappa shape index (κ1) is 55.9. The number of fused-ring (bicyclic) bond motifs is 8. The molecule has 1 aromatic carbocycles. The van der Waals surface area contributed by atoms with Crippen LogP contribution in [0.4, 0.5) is 0 Å². The van der Waals surface area contributed by atoms with Crippen molar-refractivity contribution in [3.63, 3.8) is 0 Å². The molecule has 5 heterocycles. The smallest absolute Gasteiger partial charge is 0.340 e. The summed E-state index contributed by atoms with van der Waals surface area (Å²) in [5.74, 6) is -0.612. The van der Waals surface area contributed by atoms with Crippen LogP contribution in [0, 0.1) is 47.3 Å². The number of aliphatic hydroxyl groups excluding tert-OH is 4. The number of aliphatic hydroxyl groups is 4. The highest BCUT2D eigenvalue weighted by molar-refractivity contribution is 8.77. The van der Waals surface area contributed by atoms with Gasteiger partial charge in [-0.3, -0.25) is 9.59 Å². The summed E-state index contributed by atoms with van der Waals surface area (Å²) >= 11 is 0. The minimum Gasteiger partial charge on any atom is -0.481 e. The van der Waals surface area contributed by atoms with Gasteiger partial charge in [0.1, 0.15) is 11.3 Å². The normalized spacial score (nSPS) is 38.7. The van der Waals surface area contributed by atoms with Gasteiger partial charge in [0.15, 0.2) is 17.0 Å². The molecule has 430 valence electrons. The standard InChI is InChI=1S/C63H80N4O11S2/c1-5-34(18-20-68)59(74)78-61(3)41(31-69)23-39-32-79-80-52-26-43-48(71)17-14-46-55(57(43)65-4)58(52)67(46)54(73)25-38-30-66-53(64)27-42(38)56(39)63(61)29-37-22-36-24-45(60(75)76-50(36)28-51(37)77-63)62-19-7-6-11-40(62)12-15-49(72)44(62)13-16-47(70)35-10-8-9-33(2)21-35/h5,8,10,14,17,22-24,27-28,33,35,40-41,43-44,46-47,49,52,55-58,65-66,68-70,72H,6-7,9,11-13,15-16,18-21,25-26,29-32,64H2,1-4H3. The lowest BCUT2D eigenvalue weighted by Crippen LogP contribution is -2.75. The van der Waals surface area contributed by atoms with Crippen LogP contribution in [0.5, 0.6) is 5.75 Å². The monoisotopic (exact) mass is 1130 g/mol. The molecule has 10 aliphatic rings. The van der Waals surface area contributed by atoms with Crippen LogP contribution in [0.3, 0.4) is 0 Å². The number of ether oxygens (including phenoxy) is 2. The number of nitrogens with one attached hydrogen (secondary N) is 2. The van der Waals surface area contributed by atoms with E-state index in [2.05, 4.69) is 29.7 Å². The molecule has 17 heteroatoms. The predicted molar refractivity (Wildman–Crippen MR) is 309 cm³/mol. The van der Waals surface area contributed by atoms with Gasteiger partial charge in [0, 0.05) is 94.7 Å². The molecule has 17 atom stereocenters. The zero-order valence-corrected chi connectivity index (χ0v) is 48.2. The van der Waals surface area contributed by atoms with Crippen LogP contribution in [0.1, 0.15) is 115 Å². The van der Waals surface area contributed by atoms with Crippen LogP contribution >= 0.6 is 21.6 Å². The second kappa shape index (κ2) is 21.9. The zero-order valence-electron chi connectivity index (χ0n) is 46.6. The number of carbonyl (C=O) groups excluding carboxylic acids is 3. The molecule has 80 heavy (non-hydrogen) atoms. The quantitative estimate of drug-likeness (QED) is 0.0395. The van der Waals surface area contributed by atoms with Crippen LogP contribution in [0.25, 0.3) is 11.0 Å². The Labute approximate surface area is 476 Å². The van der Waals surface area contributed by atoms with Gasteiger partial charge in [-0.25, -0.2) is 9.59 Å². The number of ketones is 1. The number of carbonyl (C=O) groups is 3. The Morgan fingerprint density at radius 3 is 2.73 bits per heavy atom. The van der Waals surface area contributed by atoms with E-state index in [0.717, 1.165) is 67.2 Å². The summed E-state index contributed by atoms with van der Waals surface area (Å²) in [7, 11) is 5.27. The maximum atomic E-state index is 15.2. The summed E-state index contributed by atoms with van der Waals surface area (Å²) in [6.07, 6.45) is 21.2. The van der Waals surface area contributed by atoms with Gasteiger partial charge in [-0.15, -0.1) is 0 Å². The summed E-state index contributed by atoms with van der Waals surface area (Å²) in [5, 5.41) is 53.0. The van der Waals surface area contributed by atoms with Gasteiger partial charge < -0.3 is 55.6 Å². The van der Waals surface area contributed by atoms with E-state index in [0.29, 0.717) is 65.5 Å². The third-order valence-electron chi connectivity index (χ3n) is 21.3. The molecule has 1 spiro atoms. The Hall–Kier alpha value is -4.62. The molecule has 2 aromatic rings. The molecule has 4 aliphatic heterocycles. The highest BCUT2D eigenvalue weighted by atomic mass is 33.1. The Morgan fingerprint density at radius 1 is 1.11 bits per heavy atom. The van der Waals surface area contributed by atoms with E-state index in [-0.39, 0.29) is 103 Å². The largest absolute Gasteiger partial charge is 0.481 e. The molecule has 2 bridgehead atoms. The molecule has 0 radical (unpaired) electrons. The average Bonchev–Trinajstić information content (AvgIpc) is 4.03. The third kappa shape index (κ3) is 9.03. The van der Waals surface area contributed by atoms with Crippen molar-refractivity contribution in [1.82, 2.24) is 15.5 Å². The molecule has 8 N–H and O–H groups in total. The Balaban J connectivity index is 0.982. The molecular formula is C63H80N4O11S2. The van der Waals surface area contributed by atoms with Crippen molar-refractivity contribution in [2.24, 2.45) is 53.1 Å². The summed E-state index contributed by atoms with van der Waals surface area (Å²) in [6.45, 7) is 5.32. The first-order valence-electron chi connectivity index (χ1n) is 29.6. The third-order valence-corrected chi connectivity index (χ3v) is 24.1. The molecule has 6 aliphatic carbocycles. The number of hydrogen-bond donors (Lipinski definition) is 7. The van der Waals surface area contributed by atoms with Crippen molar-refractivity contribution in [3.8, 4) is 5.75 Å². The van der Waals surface area contributed by atoms with E-state index in [1.54, 1.807) is 46.7 Å². The van der Waals surface area contributed by atoms with E-state index < -0.39 is 58.9 Å². The van der Waals surface area contributed by atoms with Gasteiger partial charge in [-0.05, 0) is 137 Å². The molecule has 1 aromatic heterocycles. The minimum atomic E-state index is -1.61. The zero-order chi connectivity index (χ0) is 56.0. The van der Waals surface area contributed by atoms with E-state index in [1.165, 1.54) is 0 Å². The van der Waals surface area contributed by atoms with E-state index in [9.17, 15) is 34.8 Å². The lowest BCUT2D eigenvalue weighted by molar-refractivity contribution is -0.202. The second-order valence-electron chi connectivity index (χ2n) is 25.3. The van der Waals surface area contributed by atoms with Crippen LogP contribution in [0.2, 0.25) is 0 Å². The van der Waals surface area contributed by atoms with Crippen molar-refractivity contribution in [2.45, 2.75) is 163 Å². The van der Waals surface area contributed by atoms with Crippen molar-refractivity contribution in [3.05, 3.63) is 110 Å². The lowest BCUT2D eigenvalue weighted by atomic mass is 9.50. The van der Waals surface area contributed by atoms with Crippen molar-refractivity contribution in [1.29, 1.82) is 0 Å². The topological polar surface area (TPSA) is 234 Å². The highest BCUT2D eigenvalue weighted by Crippen LogP contribution is 2.61. The van der Waals surface area contributed by atoms with Crippen molar-refractivity contribution < 1.29 is 48.7 Å². The Bertz CT molecular complexity index is 3080. The summed E-state index contributed by atoms with van der Waals surface area (Å²) < 4.78 is 20.9. The molecule has 12 rings (SSSR count). The fourth-order valence-corrected chi connectivity index (χ4v) is 20.5. The van der Waals surface area contributed by atoms with Gasteiger partial charge in [-0.2, -0.15) is 0 Å². The molecule has 4 fully saturated rings. The maximum absolute atomic E-state index is 15.2. The fraction of sp³-hybridized carbons (Fsp3) is 0.619. The SMILES string of the molecule is CC=C(CCO)C(=O)OC1(C)C(CO)C=C2CSSC3CC4C(=O)C=CC5C(C4NC)C3N5C(=O)CC3=C(C=C(N)NC3)C2C12Cc1cc3cc(C45CCCCC4CCC(O)C5CCC(O)C4C=CCC(C)C4)c(=O)oc3cc1O2. The first-order chi connectivity index (χ1) is 38.6. The summed E-state index contributed by atoms with van der Waals surface area (Å²) in [5.41, 5.74) is 6.91. The van der Waals surface area contributed by atoms with Gasteiger partial charge in [0.2, 0.25) is 5.91 Å². The highest BCUT2D eigenvalue weighted by Gasteiger charge is 2.68. The van der Waals surface area contributed by atoms with E-state index in [1.807, 2.05) is 49.2 Å². The molecule has 3 saturated carbocycles. The van der Waals surface area contributed by atoms with Gasteiger partial charge in [0.05, 0.1) is 49.1 Å². The molecule has 1 saturated heterocycles. The molecule has 15 nitrogen and oxygen atoms in total. The lowest BCUT2D eigenvalue weighted by Gasteiger charge is -2.62. The van der Waals surface area contributed by atoms with Crippen LogP contribution in [-0.2, 0) is 31.0 Å². The Kier molecular flexibility index (Phi) is 15.3. The van der Waals surface area contributed by atoms with Crippen LogP contribution < -0.4 is 26.7 Å². The number of hydrogen-bond acceptors (Lipinski definition) is 16. The summed E-state index contributed by atoms with van der Waals surface area (Å²) in [6, 6.07) is 5.38. The predicted octanol–water partition coefficient (Wildman–Crippen LogP) is 7.00. The maximum Gasteiger partial charge on any atom is 0.340 e. The fourth-order valence-electron chi connectivity index (χ4n) is 17.4. The number of nitrogens with two attached hydrogens (primary N) is 1. The van der Waals surface area contributed by atoms with Gasteiger partial charge in [-0.1, -0.05) is 77.3 Å². The Morgan fingerprint density at radius 2 is 1.95 bits per heavy atom. The van der Waals surface area contributed by atoms with E-state index in [4.69, 9.17) is 19.6 Å². The summed E-state index contributed by atoms with van der Waals surface area (Å²) in [4.78, 5) is 60.6. The average molecular weight is 1130 g/mol. The van der Waals surface area contributed by atoms with Crippen molar-refractivity contribution >= 4 is 50.2 Å². The van der Waals surface area contributed by atoms with E-state index >= 15 is 4.79 Å². The van der Waals surface area contributed by atoms with Gasteiger partial charge in [0.25, 0.3) is 0 Å². The number of nitrogens with zero attached hydrogens (tertiary/aromatic N) is 1. The molecule has 1 amide bonds. The van der Waals surface area contributed by atoms with Crippen molar-refractivity contribution in [2.75, 3.05) is 32.6 Å². The van der Waals surface area contributed by atoms with Crippen LogP contribution in [-0.4, -0.2) is 122 Å². The number of amides is 1. The number of esters is 1. The number of allylic oxidation sites excluding steroid dienone is 4. The molecular weight excluding hydrogens is 1050 g/mol.